The monoisotopic (exact) mass is 136 g/mol. The van der Waals surface area contributed by atoms with Crippen LogP contribution in [-0.2, 0) is 18.9 Å². The molecule has 2 unspecified atom stereocenters. The number of hydrogen-bond donors (Lipinski definition) is 0. The second kappa shape index (κ2) is 0.531. The number of thioether (sulfide) groups is 1. The number of hydrogen-bond acceptors (Lipinski definition) is 1. The van der Waals surface area contributed by atoms with Gasteiger partial charge in [-0.25, -0.2) is 0 Å². The van der Waals surface area contributed by atoms with Crippen LogP contribution in [0.2, 0.25) is 0 Å². The van der Waals surface area contributed by atoms with E-state index in [-0.39, 0.29) is 0 Å². The maximum atomic E-state index is 2.42. The highest BCUT2D eigenvalue weighted by atomic mass is 33.0. The molecule has 0 N–H and O–H groups in total. The van der Waals surface area contributed by atoms with Crippen LogP contribution in [0.25, 0.3) is 0 Å². The smallest absolute Gasteiger partial charge is 0.108 e. The maximum absolute atomic E-state index is 2.42. The van der Waals surface area contributed by atoms with Gasteiger partial charge in [0.2, 0.25) is 0 Å². The van der Waals surface area contributed by atoms with Crippen LogP contribution in [0.4, 0.5) is 0 Å². The molecule has 0 nitrogen and oxygen atoms in total. The van der Waals surface area contributed by atoms with Gasteiger partial charge in [0.15, 0.2) is 0 Å². The van der Waals surface area contributed by atoms with Gasteiger partial charge in [-0.05, 0) is 6.92 Å². The first-order valence-electron chi connectivity index (χ1n) is 1.99. The van der Waals surface area contributed by atoms with Crippen LogP contribution in [0, 0.1) is 0 Å². The fraction of sp³-hybridized carbons (Fsp3) is 1.00. The van der Waals surface area contributed by atoms with Crippen LogP contribution in [-0.4, -0.2) is 7.33 Å². The SMILES string of the molecule is CC12SC3S1=S32. The van der Waals surface area contributed by atoms with Crippen molar-refractivity contribution in [1.82, 2.24) is 0 Å². The first kappa shape index (κ1) is 3.15. The summed E-state index contributed by atoms with van der Waals surface area (Å²) in [6.07, 6.45) is 0. The largest absolute Gasteiger partial charge is 0.109 e. The summed E-state index contributed by atoms with van der Waals surface area (Å²) in [6.45, 7) is 2.42. The zero-order valence-electron chi connectivity index (χ0n) is 3.30. The molecule has 0 aromatic heterocycles. The molecule has 0 amide bonds. The van der Waals surface area contributed by atoms with Crippen molar-refractivity contribution in [2.45, 2.75) is 14.2 Å². The predicted molar refractivity (Wildman–Crippen MR) is 34.5 cm³/mol. The Balaban J connectivity index is 2.30. The summed E-state index contributed by atoms with van der Waals surface area (Å²) in [5.74, 6) is 0. The third kappa shape index (κ3) is 0.122. The molecule has 4 rings (SSSR count). The second-order valence-electron chi connectivity index (χ2n) is 1.86. The normalized spacial score (nSPS) is 90.5. The van der Waals surface area contributed by atoms with Crippen molar-refractivity contribution >= 4 is 30.7 Å². The van der Waals surface area contributed by atoms with Crippen molar-refractivity contribution in [2.75, 3.05) is 0 Å². The Labute approximate surface area is 45.2 Å². The van der Waals surface area contributed by atoms with Gasteiger partial charge in [0.1, 0.15) is 7.33 Å². The lowest BCUT2D eigenvalue weighted by molar-refractivity contribution is 1.27. The highest BCUT2D eigenvalue weighted by Crippen LogP contribution is 2.82. The Hall–Kier alpha value is 1.05. The molecule has 2 atom stereocenters. The zero-order chi connectivity index (χ0) is 3.94. The molecule has 2 saturated heterocycles. The van der Waals surface area contributed by atoms with Gasteiger partial charge >= 0.3 is 0 Å². The van der Waals surface area contributed by atoms with Crippen molar-refractivity contribution in [3.05, 3.63) is 0 Å². The van der Waals surface area contributed by atoms with Gasteiger partial charge < -0.3 is 0 Å². The fourth-order valence-electron chi connectivity index (χ4n) is 0.964. The molecular weight excluding hydrogens is 132 g/mol. The standard InChI is InChI=1S/C3H4S3/c1-3-4-2-5(3)6(2)3/h2H,1H3. The van der Waals surface area contributed by atoms with Crippen LogP contribution < -0.4 is 0 Å². The molecule has 0 aliphatic carbocycles. The first-order chi connectivity index (χ1) is 2.84. The van der Waals surface area contributed by atoms with Crippen LogP contribution >= 0.6 is 11.8 Å². The molecule has 0 saturated carbocycles. The maximum Gasteiger partial charge on any atom is 0.109 e. The van der Waals surface area contributed by atoms with E-state index in [0.717, 1.165) is 22.3 Å². The molecule has 4 heterocycles. The molecule has 0 spiro atoms. The fourth-order valence-corrected chi connectivity index (χ4v) is 15.8. The Morgan fingerprint density at radius 1 is 1.67 bits per heavy atom. The molecule has 2 fully saturated rings. The van der Waals surface area contributed by atoms with Crippen molar-refractivity contribution in [1.29, 1.82) is 0 Å². The van der Waals surface area contributed by atoms with E-state index in [2.05, 4.69) is 18.7 Å². The van der Waals surface area contributed by atoms with E-state index in [9.17, 15) is 0 Å². The predicted octanol–water partition coefficient (Wildman–Crippen LogP) is 0.869. The average Bonchev–Trinajstić information content (AvgIpc) is 2.21. The van der Waals surface area contributed by atoms with Gasteiger partial charge in [-0.3, -0.25) is 0 Å². The summed E-state index contributed by atoms with van der Waals surface area (Å²) in [7, 11) is 2.07. The van der Waals surface area contributed by atoms with Crippen LogP contribution in [0.15, 0.2) is 0 Å². The average molecular weight is 136 g/mol. The van der Waals surface area contributed by atoms with Gasteiger partial charge in [0.05, 0.1) is 0 Å². The Morgan fingerprint density at radius 2 is 2.17 bits per heavy atom. The molecule has 0 aromatic rings. The summed E-state index contributed by atoms with van der Waals surface area (Å²) in [5, 5.41) is 0. The van der Waals surface area contributed by atoms with Crippen molar-refractivity contribution in [2.24, 2.45) is 0 Å². The first-order valence-corrected chi connectivity index (χ1v) is 5.96. The lowest BCUT2D eigenvalue weighted by Gasteiger charge is -2.36. The van der Waals surface area contributed by atoms with E-state index in [0.29, 0.717) is 0 Å². The van der Waals surface area contributed by atoms with Crippen molar-refractivity contribution < 1.29 is 0 Å². The van der Waals surface area contributed by atoms with Gasteiger partial charge in [-0.15, -0.1) is 30.7 Å². The summed E-state index contributed by atoms with van der Waals surface area (Å²) in [4.78, 5) is 0. The summed E-state index contributed by atoms with van der Waals surface area (Å²) >= 11 is 2.22. The lowest BCUT2D eigenvalue weighted by atomic mass is 10.9. The lowest BCUT2D eigenvalue weighted by Crippen LogP contribution is -2.38. The van der Waals surface area contributed by atoms with Gasteiger partial charge in [0, 0.05) is 0 Å². The molecule has 0 aromatic carbocycles. The van der Waals surface area contributed by atoms with Crippen LogP contribution in [0.3, 0.4) is 0 Å². The molecule has 3 heteroatoms. The molecular formula is C3H4S3. The van der Waals surface area contributed by atoms with E-state index in [1.54, 1.807) is 0 Å². The summed E-state index contributed by atoms with van der Waals surface area (Å²) < 4.78 is 2.15. The van der Waals surface area contributed by atoms with Gasteiger partial charge in [-0.1, -0.05) is 0 Å². The highest BCUT2D eigenvalue weighted by Gasteiger charge is 2.80. The Morgan fingerprint density at radius 3 is 2.17 bits per heavy atom. The minimum atomic E-state index is 0.921. The minimum Gasteiger partial charge on any atom is -0.108 e. The van der Waals surface area contributed by atoms with Crippen LogP contribution in [0.5, 0.6) is 0 Å². The second-order valence-corrected chi connectivity index (χ2v) is 11.0. The molecule has 4 aliphatic heterocycles. The molecule has 4 aliphatic rings. The van der Waals surface area contributed by atoms with E-state index >= 15 is 0 Å². The van der Waals surface area contributed by atoms with Gasteiger partial charge in [0.25, 0.3) is 0 Å². The van der Waals surface area contributed by atoms with E-state index in [1.165, 1.54) is 3.91 Å². The molecule has 6 heavy (non-hydrogen) atoms. The van der Waals surface area contributed by atoms with Crippen molar-refractivity contribution in [3.8, 4) is 0 Å². The van der Waals surface area contributed by atoms with E-state index < -0.39 is 0 Å². The quantitative estimate of drug-likeness (QED) is 0.476. The Bertz CT molecular complexity index is 166. The molecule has 34 valence electrons. The molecule has 0 radical (unpaired) electrons. The topological polar surface area (TPSA) is 0 Å². The third-order valence-corrected chi connectivity index (χ3v) is 14.2. The van der Waals surface area contributed by atoms with Crippen LogP contribution in [0.1, 0.15) is 6.92 Å². The third-order valence-electron chi connectivity index (χ3n) is 1.52. The van der Waals surface area contributed by atoms with E-state index in [4.69, 9.17) is 0 Å². The van der Waals surface area contributed by atoms with Crippen molar-refractivity contribution in [3.63, 3.8) is 0 Å². The molecule has 2 bridgehead atoms. The minimum absolute atomic E-state index is 0.921. The highest BCUT2D eigenvalue weighted by molar-refractivity contribution is 8.94. The van der Waals surface area contributed by atoms with E-state index in [1.807, 2.05) is 0 Å². The zero-order valence-corrected chi connectivity index (χ0v) is 5.75. The number of rotatable bonds is 0. The van der Waals surface area contributed by atoms with Gasteiger partial charge in [-0.2, -0.15) is 0 Å². The summed E-state index contributed by atoms with van der Waals surface area (Å²) in [6, 6.07) is 0. The summed E-state index contributed by atoms with van der Waals surface area (Å²) in [5.41, 5.74) is 0. The Kier molecular flexibility index (Phi) is 0.279.